The number of nitrogens with two attached hydrogens (primary N) is 1. The fraction of sp³-hybridized carbons (Fsp3) is 0.250. The summed E-state index contributed by atoms with van der Waals surface area (Å²) < 4.78 is 54.2. The van der Waals surface area contributed by atoms with E-state index in [2.05, 4.69) is 49.7 Å². The van der Waals surface area contributed by atoms with E-state index in [9.17, 15) is 53.1 Å². The number of H-pyrrole nitrogens is 3. The number of nitrogens with zero attached hydrogens (tertiary/aromatic N) is 1. The molecular formula is C60H62N6O23. The lowest BCUT2D eigenvalue weighted by Gasteiger charge is -2.37. The van der Waals surface area contributed by atoms with Crippen molar-refractivity contribution in [2.45, 2.75) is 18.1 Å². The summed E-state index contributed by atoms with van der Waals surface area (Å²) >= 11 is 0. The molecule has 2 atom stereocenters. The zero-order valence-corrected chi connectivity index (χ0v) is 49.2. The Bertz CT molecular complexity index is 3950. The van der Waals surface area contributed by atoms with Crippen molar-refractivity contribution in [2.75, 3.05) is 94.4 Å². The smallest absolute Gasteiger partial charge is 0.378 e. The second kappa shape index (κ2) is 31.2. The van der Waals surface area contributed by atoms with Crippen LogP contribution < -0.4 is 25.3 Å². The minimum atomic E-state index is -2.21. The second-order valence-electron chi connectivity index (χ2n) is 18.1. The maximum absolute atomic E-state index is 12.6. The van der Waals surface area contributed by atoms with Crippen molar-refractivity contribution in [3.8, 4) is 17.2 Å². The van der Waals surface area contributed by atoms with Gasteiger partial charge in [0.25, 0.3) is 5.78 Å². The molecule has 29 nitrogen and oxygen atoms in total. The number of benzene rings is 3. The van der Waals surface area contributed by atoms with Crippen LogP contribution in [0, 0.1) is 0 Å². The van der Waals surface area contributed by atoms with E-state index >= 15 is 0 Å². The van der Waals surface area contributed by atoms with Crippen LogP contribution in [-0.4, -0.2) is 179 Å². The molecule has 2 unspecified atom stereocenters. The van der Waals surface area contributed by atoms with E-state index in [-0.39, 0.29) is 65.9 Å². The maximum atomic E-state index is 12.6. The topological polar surface area (TPSA) is 411 Å². The Labute approximate surface area is 505 Å². The summed E-state index contributed by atoms with van der Waals surface area (Å²) in [6.45, 7) is 10.0. The Kier molecular flexibility index (Phi) is 24.0. The molecule has 0 aliphatic carbocycles. The summed E-state index contributed by atoms with van der Waals surface area (Å²) in [4.78, 5) is 130. The highest BCUT2D eigenvalue weighted by Gasteiger charge is 2.51. The number of hydrogen-bond acceptors (Lipinski definition) is 26. The van der Waals surface area contributed by atoms with Crippen LogP contribution in [0.15, 0.2) is 98.6 Å². The number of aliphatic hydroxyl groups is 2. The van der Waals surface area contributed by atoms with E-state index < -0.39 is 77.6 Å². The van der Waals surface area contributed by atoms with Gasteiger partial charge in [0.1, 0.15) is 72.5 Å². The van der Waals surface area contributed by atoms with Crippen molar-refractivity contribution >= 4 is 114 Å². The van der Waals surface area contributed by atoms with Crippen molar-refractivity contribution < 1.29 is 110 Å². The SMILES string of the molecule is C=CCOC(=O)c1cc2cc(OC)c(N)cc2[nH]1.C=CCOC(=O)c1cc2cc(OC)c3[nH]c(C(=O)OC)cc(C(=O)OC)c3c2n1.C=CCOC(=O)c1cc2cc(OC)c3c(c2[nH]1)C(O)(C(=O)OC)CC(C(=O)OC)N3.COC(=O)C(=O)/C=C/C(=O)CO. The minimum Gasteiger partial charge on any atom is -0.495 e. The first-order valence-corrected chi connectivity index (χ1v) is 25.9. The van der Waals surface area contributed by atoms with Crippen LogP contribution in [0.5, 0.6) is 17.2 Å². The normalized spacial score (nSPS) is 13.6. The first-order chi connectivity index (χ1) is 42.5. The molecule has 89 heavy (non-hydrogen) atoms. The van der Waals surface area contributed by atoms with Crippen molar-refractivity contribution in [1.82, 2.24) is 19.9 Å². The van der Waals surface area contributed by atoms with Gasteiger partial charge in [-0.3, -0.25) is 9.59 Å². The van der Waals surface area contributed by atoms with E-state index in [0.29, 0.717) is 55.6 Å². The highest BCUT2D eigenvalue weighted by molar-refractivity contribution is 6.38. The average molecular weight is 1240 g/mol. The summed E-state index contributed by atoms with van der Waals surface area (Å²) in [6, 6.07) is 11.7. The molecule has 0 saturated heterocycles. The van der Waals surface area contributed by atoms with Crippen LogP contribution in [0.25, 0.3) is 43.6 Å². The molecule has 29 heteroatoms. The Hall–Kier alpha value is -11.3. The standard InChI is InChI=1S/C20H22N2O8.C20H18N2O7.C13H14N2O3.C7H8O5/c1-5-6-30-18(24)11-7-10-8-13(27-2)16-14(15(10)21-11)20(26,19(25)29-4)9-12(22-16)17(23)28-3;1-5-6-29-20(25)12-7-10-8-14(26-2)17-15(16(10)21-12)11(18(23)27-3)9-13(22-17)19(24)28-4;1-3-4-18-13(16)11-5-8-6-12(17-2)9(14)7-10(8)15-11;1-12-7(11)6(10)3-2-5(9)4-8/h5,7-8,12,21-22,26H,1,6,9H2,2-4H3;5,7-9,22H,1,6H2,2-4H3;3,5-7,15H,1,4,14H2,2H3;2-3,8H,4H2,1H3/b;;;3-2+. The molecule has 0 fully saturated rings. The Morgan fingerprint density at radius 2 is 1.16 bits per heavy atom. The molecule has 3 aromatic carbocycles. The summed E-state index contributed by atoms with van der Waals surface area (Å²) in [5.74, 6) is -6.19. The molecule has 0 bridgehead atoms. The summed E-state index contributed by atoms with van der Waals surface area (Å²) in [6.07, 6.45) is 5.61. The van der Waals surface area contributed by atoms with Gasteiger partial charge in [0, 0.05) is 39.0 Å². The Balaban J connectivity index is 0.000000228. The number of aromatic nitrogens is 4. The van der Waals surface area contributed by atoms with Crippen LogP contribution in [-0.2, 0) is 67.5 Å². The number of esters is 8. The summed E-state index contributed by atoms with van der Waals surface area (Å²) in [5, 5.41) is 24.8. The number of pyridine rings is 1. The monoisotopic (exact) mass is 1230 g/mol. The molecule has 0 saturated carbocycles. The van der Waals surface area contributed by atoms with Gasteiger partial charge < -0.3 is 88.3 Å². The largest absolute Gasteiger partial charge is 0.495 e. The lowest BCUT2D eigenvalue weighted by Crippen LogP contribution is -2.49. The predicted molar refractivity (Wildman–Crippen MR) is 317 cm³/mol. The zero-order valence-electron chi connectivity index (χ0n) is 49.2. The molecule has 4 aromatic heterocycles. The second-order valence-corrected chi connectivity index (χ2v) is 18.1. The van der Waals surface area contributed by atoms with Gasteiger partial charge in [-0.05, 0) is 60.7 Å². The zero-order chi connectivity index (χ0) is 65.9. The van der Waals surface area contributed by atoms with E-state index in [1.807, 2.05) is 0 Å². The quantitative estimate of drug-likeness (QED) is 0.0134. The van der Waals surface area contributed by atoms with Crippen molar-refractivity contribution in [2.24, 2.45) is 0 Å². The molecule has 0 amide bonds. The number of nitrogens with one attached hydrogen (secondary N) is 4. The van der Waals surface area contributed by atoms with Gasteiger partial charge in [0.05, 0.1) is 90.4 Å². The first-order valence-electron chi connectivity index (χ1n) is 25.9. The van der Waals surface area contributed by atoms with Gasteiger partial charge in [0.2, 0.25) is 0 Å². The van der Waals surface area contributed by atoms with Gasteiger partial charge in [-0.15, -0.1) is 0 Å². The fourth-order valence-electron chi connectivity index (χ4n) is 8.56. The number of anilines is 2. The van der Waals surface area contributed by atoms with Crippen molar-refractivity contribution in [3.63, 3.8) is 0 Å². The van der Waals surface area contributed by atoms with Crippen LogP contribution in [0.1, 0.15) is 64.3 Å². The summed E-state index contributed by atoms with van der Waals surface area (Å²) in [5.41, 5.74) is 6.73. The molecule has 0 spiro atoms. The number of methoxy groups -OCH3 is 8. The minimum absolute atomic E-state index is 0.0179. The number of fused-ring (bicyclic) bond motifs is 7. The van der Waals surface area contributed by atoms with Gasteiger partial charge in [-0.1, -0.05) is 38.0 Å². The lowest BCUT2D eigenvalue weighted by molar-refractivity contribution is -0.166. The van der Waals surface area contributed by atoms with Crippen LogP contribution >= 0.6 is 0 Å². The molecule has 1 aliphatic rings. The number of hydrogen-bond donors (Lipinski definition) is 7. The molecule has 8 rings (SSSR count). The number of aromatic amines is 3. The Morgan fingerprint density at radius 1 is 0.607 bits per heavy atom. The Morgan fingerprint density at radius 3 is 1.71 bits per heavy atom. The lowest BCUT2D eigenvalue weighted by atomic mass is 9.81. The number of carbonyl (C=O) groups is 10. The maximum Gasteiger partial charge on any atom is 0.378 e. The number of ketones is 2. The van der Waals surface area contributed by atoms with E-state index in [1.54, 1.807) is 37.4 Å². The molecule has 470 valence electrons. The van der Waals surface area contributed by atoms with E-state index in [1.165, 1.54) is 72.0 Å². The number of aliphatic hydroxyl groups excluding tert-OH is 1. The molecule has 7 aromatic rings. The molecule has 0 radical (unpaired) electrons. The van der Waals surface area contributed by atoms with Gasteiger partial charge in [0.15, 0.2) is 11.4 Å². The third-order valence-electron chi connectivity index (χ3n) is 12.6. The third-order valence-corrected chi connectivity index (χ3v) is 12.6. The summed E-state index contributed by atoms with van der Waals surface area (Å²) in [7, 11) is 10.2. The number of carbonyl (C=O) groups excluding carboxylic acids is 10. The molecule has 8 N–H and O–H groups in total. The van der Waals surface area contributed by atoms with Crippen molar-refractivity contribution in [3.05, 3.63) is 133 Å². The van der Waals surface area contributed by atoms with E-state index in [0.717, 1.165) is 37.3 Å². The van der Waals surface area contributed by atoms with Crippen molar-refractivity contribution in [1.29, 1.82) is 0 Å². The first kappa shape index (κ1) is 68.5. The molecule has 5 heterocycles. The fourth-order valence-corrected chi connectivity index (χ4v) is 8.56. The van der Waals surface area contributed by atoms with Gasteiger partial charge in [-0.2, -0.15) is 0 Å². The van der Waals surface area contributed by atoms with Crippen LogP contribution in [0.2, 0.25) is 0 Å². The van der Waals surface area contributed by atoms with Gasteiger partial charge >= 0.3 is 47.8 Å². The average Bonchev–Trinajstić information content (AvgIpc) is 1.75. The highest BCUT2D eigenvalue weighted by atomic mass is 16.6. The van der Waals surface area contributed by atoms with Crippen LogP contribution in [0.3, 0.4) is 0 Å². The highest BCUT2D eigenvalue weighted by Crippen LogP contribution is 2.48. The van der Waals surface area contributed by atoms with E-state index in [4.69, 9.17) is 58.2 Å². The molecule has 1 aliphatic heterocycles. The number of ether oxygens (including phenoxy) is 11. The third kappa shape index (κ3) is 15.8. The van der Waals surface area contributed by atoms with Gasteiger partial charge in [-0.25, -0.2) is 43.3 Å². The molecular weight excluding hydrogens is 1170 g/mol. The predicted octanol–water partition coefficient (Wildman–Crippen LogP) is 4.83. The number of nitrogen functional groups attached to an aromatic ring is 1. The number of rotatable bonds is 20. The van der Waals surface area contributed by atoms with Crippen LogP contribution in [0.4, 0.5) is 11.4 Å².